The monoisotopic (exact) mass is 264 g/mol. The summed E-state index contributed by atoms with van der Waals surface area (Å²) in [5, 5.41) is 0. The van der Waals surface area contributed by atoms with E-state index in [0.717, 1.165) is 13.0 Å². The van der Waals surface area contributed by atoms with Crippen molar-refractivity contribution < 1.29 is 4.43 Å². The van der Waals surface area contributed by atoms with Gasteiger partial charge in [0.05, 0.1) is 0 Å². The van der Waals surface area contributed by atoms with E-state index < -0.39 is 14.3 Å². The van der Waals surface area contributed by atoms with Crippen LogP contribution in [0, 0.1) is 0 Å². The lowest BCUT2D eigenvalue weighted by atomic mass is 10.5. The second kappa shape index (κ2) is 5.22. The summed E-state index contributed by atoms with van der Waals surface area (Å²) in [6.07, 6.45) is 0.868. The van der Waals surface area contributed by atoms with Crippen LogP contribution in [0.4, 0.5) is 0 Å². The van der Waals surface area contributed by atoms with E-state index in [0.29, 0.717) is 6.04 Å². The van der Waals surface area contributed by atoms with Crippen LogP contribution in [-0.4, -0.2) is 20.9 Å². The van der Waals surface area contributed by atoms with Crippen molar-refractivity contribution in [1.29, 1.82) is 0 Å². The maximum absolute atomic E-state index is 5.71. The van der Waals surface area contributed by atoms with Gasteiger partial charge in [-0.15, -0.1) is 33.2 Å². The van der Waals surface area contributed by atoms with Gasteiger partial charge in [0.2, 0.25) is 0 Å². The molecular formula is C6H15Cl3OSi2. The third-order valence-electron chi connectivity index (χ3n) is 1.14. The molecule has 0 aromatic rings. The molecule has 0 aliphatic rings. The van der Waals surface area contributed by atoms with Crippen molar-refractivity contribution in [1.82, 2.24) is 0 Å². The molecule has 74 valence electrons. The highest BCUT2D eigenvalue weighted by atomic mass is 35.8. The zero-order valence-electron chi connectivity index (χ0n) is 7.66. The smallest absolute Gasteiger partial charge is 0.341 e. The Balaban J connectivity index is 3.35. The SMILES string of the molecule is C[Si](C)(C)OCCC[Si](Cl)(Cl)Cl. The molecule has 0 amide bonds. The Kier molecular flexibility index (Phi) is 5.77. The first kappa shape index (κ1) is 13.3. The van der Waals surface area contributed by atoms with Crippen LogP contribution in [0.2, 0.25) is 25.7 Å². The molecule has 0 aliphatic heterocycles. The van der Waals surface area contributed by atoms with Crippen LogP contribution in [0.15, 0.2) is 0 Å². The lowest BCUT2D eigenvalue weighted by molar-refractivity contribution is 0.311. The van der Waals surface area contributed by atoms with Gasteiger partial charge in [-0.1, -0.05) is 0 Å². The van der Waals surface area contributed by atoms with Crippen molar-refractivity contribution in [2.45, 2.75) is 32.1 Å². The van der Waals surface area contributed by atoms with Crippen molar-refractivity contribution in [3.8, 4) is 0 Å². The van der Waals surface area contributed by atoms with Crippen molar-refractivity contribution in [3.63, 3.8) is 0 Å². The van der Waals surface area contributed by atoms with E-state index >= 15 is 0 Å². The zero-order chi connectivity index (χ0) is 9.83. The molecular weight excluding hydrogens is 251 g/mol. The fourth-order valence-electron chi connectivity index (χ4n) is 0.651. The Morgan fingerprint density at radius 3 is 1.92 bits per heavy atom. The van der Waals surface area contributed by atoms with Crippen LogP contribution in [0.25, 0.3) is 0 Å². The molecule has 0 N–H and O–H groups in total. The molecule has 0 heterocycles. The summed E-state index contributed by atoms with van der Waals surface area (Å²) in [4.78, 5) is 0. The van der Waals surface area contributed by atoms with E-state index in [1.807, 2.05) is 0 Å². The highest BCUT2D eigenvalue weighted by molar-refractivity contribution is 7.64. The third kappa shape index (κ3) is 11.3. The molecule has 0 atom stereocenters. The van der Waals surface area contributed by atoms with E-state index in [9.17, 15) is 0 Å². The molecule has 6 heteroatoms. The average Bonchev–Trinajstić information content (AvgIpc) is 1.76. The zero-order valence-corrected chi connectivity index (χ0v) is 11.9. The maximum atomic E-state index is 5.71. The molecule has 0 radical (unpaired) electrons. The van der Waals surface area contributed by atoms with E-state index in [-0.39, 0.29) is 0 Å². The highest BCUT2D eigenvalue weighted by Crippen LogP contribution is 2.26. The Bertz CT molecular complexity index is 114. The average molecular weight is 266 g/mol. The highest BCUT2D eigenvalue weighted by Gasteiger charge is 2.24. The van der Waals surface area contributed by atoms with Crippen LogP contribution < -0.4 is 0 Å². The fourth-order valence-corrected chi connectivity index (χ4v) is 3.16. The molecule has 0 aromatic heterocycles. The molecule has 12 heavy (non-hydrogen) atoms. The Morgan fingerprint density at radius 1 is 1.08 bits per heavy atom. The van der Waals surface area contributed by atoms with Gasteiger partial charge in [-0.2, -0.15) is 0 Å². The van der Waals surface area contributed by atoms with Crippen LogP contribution in [-0.2, 0) is 4.43 Å². The van der Waals surface area contributed by atoms with Crippen LogP contribution in [0.5, 0.6) is 0 Å². The van der Waals surface area contributed by atoms with E-state index in [2.05, 4.69) is 19.6 Å². The largest absolute Gasteiger partial charge is 0.418 e. The molecule has 0 unspecified atom stereocenters. The van der Waals surface area contributed by atoms with Gasteiger partial charge in [0, 0.05) is 6.61 Å². The maximum Gasteiger partial charge on any atom is 0.341 e. The van der Waals surface area contributed by atoms with Gasteiger partial charge >= 0.3 is 6.00 Å². The second-order valence-electron chi connectivity index (χ2n) is 3.68. The van der Waals surface area contributed by atoms with Gasteiger partial charge < -0.3 is 4.43 Å². The van der Waals surface area contributed by atoms with Gasteiger partial charge in [-0.05, 0) is 32.1 Å². The lowest BCUT2D eigenvalue weighted by Crippen LogP contribution is -2.26. The molecule has 0 fully saturated rings. The van der Waals surface area contributed by atoms with Crippen LogP contribution >= 0.6 is 33.2 Å². The van der Waals surface area contributed by atoms with Crippen molar-refractivity contribution in [2.75, 3.05) is 6.61 Å². The molecule has 0 saturated heterocycles. The summed E-state index contributed by atoms with van der Waals surface area (Å²) >= 11 is 17.1. The standard InChI is InChI=1S/C6H15Cl3OSi2/c1-11(2,3)10-5-4-6-12(7,8)9/h4-6H2,1-3H3. The Morgan fingerprint density at radius 2 is 1.58 bits per heavy atom. The summed E-state index contributed by atoms with van der Waals surface area (Å²) < 4.78 is 5.61. The first-order valence-corrected chi connectivity index (χ1v) is 12.6. The molecule has 0 bridgehead atoms. The number of halogens is 3. The molecule has 0 aliphatic carbocycles. The Hall–Kier alpha value is 1.26. The van der Waals surface area contributed by atoms with Gasteiger partial charge in [0.15, 0.2) is 8.32 Å². The van der Waals surface area contributed by atoms with E-state index in [1.165, 1.54) is 0 Å². The van der Waals surface area contributed by atoms with Crippen molar-refractivity contribution in [3.05, 3.63) is 0 Å². The summed E-state index contributed by atoms with van der Waals surface area (Å²) in [6, 6.07) is -1.70. The predicted molar refractivity (Wildman–Crippen MR) is 62.0 cm³/mol. The minimum atomic E-state index is -2.40. The van der Waals surface area contributed by atoms with Crippen molar-refractivity contribution >= 4 is 47.6 Å². The lowest BCUT2D eigenvalue weighted by Gasteiger charge is -2.17. The van der Waals surface area contributed by atoms with Gasteiger partial charge in [-0.25, -0.2) is 0 Å². The minimum absolute atomic E-state index is 0.697. The second-order valence-corrected chi connectivity index (χ2v) is 17.5. The summed E-state index contributed by atoms with van der Waals surface area (Å²) in [5.74, 6) is 0. The van der Waals surface area contributed by atoms with Crippen LogP contribution in [0.1, 0.15) is 6.42 Å². The topological polar surface area (TPSA) is 9.23 Å². The fraction of sp³-hybridized carbons (Fsp3) is 1.00. The van der Waals surface area contributed by atoms with E-state index in [1.54, 1.807) is 0 Å². The predicted octanol–water partition coefficient (Wildman–Crippen LogP) is 3.88. The Labute approximate surface area is 90.6 Å². The normalized spacial score (nSPS) is 13.5. The molecule has 1 nitrogen and oxygen atoms in total. The molecule has 0 rings (SSSR count). The minimum Gasteiger partial charge on any atom is -0.418 e. The first-order valence-electron chi connectivity index (χ1n) is 3.91. The molecule has 0 aromatic carbocycles. The van der Waals surface area contributed by atoms with E-state index in [4.69, 9.17) is 37.7 Å². The summed E-state index contributed by atoms with van der Waals surface area (Å²) in [5.41, 5.74) is 0. The molecule has 0 spiro atoms. The summed E-state index contributed by atoms with van der Waals surface area (Å²) in [6.45, 7) is 7.19. The number of hydrogen-bond donors (Lipinski definition) is 0. The summed E-state index contributed by atoms with van der Waals surface area (Å²) in [7, 11) is -1.37. The van der Waals surface area contributed by atoms with Gasteiger partial charge in [-0.3, -0.25) is 0 Å². The molecule has 0 saturated carbocycles. The van der Waals surface area contributed by atoms with Crippen LogP contribution in [0.3, 0.4) is 0 Å². The van der Waals surface area contributed by atoms with Crippen molar-refractivity contribution in [2.24, 2.45) is 0 Å². The van der Waals surface area contributed by atoms with Gasteiger partial charge in [0.1, 0.15) is 0 Å². The number of hydrogen-bond acceptors (Lipinski definition) is 1. The van der Waals surface area contributed by atoms with Gasteiger partial charge in [0.25, 0.3) is 0 Å². The first-order chi connectivity index (χ1) is 5.21. The number of rotatable bonds is 5. The third-order valence-corrected chi connectivity index (χ3v) is 4.83. The quantitative estimate of drug-likeness (QED) is 0.416.